The summed E-state index contributed by atoms with van der Waals surface area (Å²) in [6.07, 6.45) is 1.73. The Morgan fingerprint density at radius 2 is 2.37 bits per heavy atom. The van der Waals surface area contributed by atoms with Crippen LogP contribution >= 0.6 is 11.6 Å². The Hall–Kier alpha value is -1.26. The molecule has 0 radical (unpaired) electrons. The summed E-state index contributed by atoms with van der Waals surface area (Å²) >= 11 is 5.99. The van der Waals surface area contributed by atoms with Crippen LogP contribution in [-0.2, 0) is 4.79 Å². The second-order valence-electron chi connectivity index (χ2n) is 4.73. The zero-order valence-corrected chi connectivity index (χ0v) is 11.7. The smallest absolute Gasteiger partial charge is 0.260 e. The van der Waals surface area contributed by atoms with Crippen molar-refractivity contribution in [3.05, 3.63) is 29.3 Å². The number of carbonyl (C=O) groups is 1. The van der Waals surface area contributed by atoms with E-state index in [2.05, 4.69) is 10.6 Å². The summed E-state index contributed by atoms with van der Waals surface area (Å²) in [7, 11) is 0. The van der Waals surface area contributed by atoms with E-state index in [9.17, 15) is 4.79 Å². The summed E-state index contributed by atoms with van der Waals surface area (Å²) in [6, 6.07) is 7.53. The molecule has 1 heterocycles. The number of ether oxygens (including phenoxy) is 1. The van der Waals surface area contributed by atoms with Gasteiger partial charge in [-0.25, -0.2) is 0 Å². The van der Waals surface area contributed by atoms with Gasteiger partial charge in [0.15, 0.2) is 6.10 Å². The molecule has 19 heavy (non-hydrogen) atoms. The lowest BCUT2D eigenvalue weighted by Gasteiger charge is -2.17. The average molecular weight is 283 g/mol. The van der Waals surface area contributed by atoms with Crippen LogP contribution in [0.5, 0.6) is 5.75 Å². The van der Waals surface area contributed by atoms with E-state index >= 15 is 0 Å². The summed E-state index contributed by atoms with van der Waals surface area (Å²) in [5, 5.41) is 6.74. The molecule has 1 amide bonds. The molecule has 0 bridgehead atoms. The van der Waals surface area contributed by atoms with Crippen LogP contribution < -0.4 is 15.4 Å². The van der Waals surface area contributed by atoms with Crippen LogP contribution in [0, 0.1) is 0 Å². The second kappa shape index (κ2) is 6.78. The number of hydrogen-bond acceptors (Lipinski definition) is 3. The van der Waals surface area contributed by atoms with Crippen molar-refractivity contribution in [3.63, 3.8) is 0 Å². The van der Waals surface area contributed by atoms with Crippen LogP contribution in [0.2, 0.25) is 5.02 Å². The number of halogens is 1. The molecule has 2 rings (SSSR count). The minimum absolute atomic E-state index is 0.117. The molecule has 2 unspecified atom stereocenters. The Kier molecular flexibility index (Phi) is 5.05. The van der Waals surface area contributed by atoms with Gasteiger partial charge in [-0.3, -0.25) is 4.79 Å². The first kappa shape index (κ1) is 14.2. The topological polar surface area (TPSA) is 50.4 Å². The van der Waals surface area contributed by atoms with Gasteiger partial charge in [0.1, 0.15) is 5.75 Å². The van der Waals surface area contributed by atoms with E-state index in [0.29, 0.717) is 23.4 Å². The van der Waals surface area contributed by atoms with Crippen LogP contribution in [0.4, 0.5) is 0 Å². The summed E-state index contributed by atoms with van der Waals surface area (Å²) in [6.45, 7) is 3.40. The molecular formula is C14H19ClN2O2. The van der Waals surface area contributed by atoms with Crippen molar-refractivity contribution in [3.8, 4) is 5.75 Å². The molecule has 2 N–H and O–H groups in total. The van der Waals surface area contributed by atoms with Crippen LogP contribution in [-0.4, -0.2) is 31.1 Å². The first-order valence-corrected chi connectivity index (χ1v) is 6.97. The van der Waals surface area contributed by atoms with Gasteiger partial charge in [-0.2, -0.15) is 0 Å². The van der Waals surface area contributed by atoms with Gasteiger partial charge < -0.3 is 15.4 Å². The minimum Gasteiger partial charge on any atom is -0.479 e. The molecule has 0 saturated carbocycles. The largest absolute Gasteiger partial charge is 0.479 e. The fraction of sp³-hybridized carbons (Fsp3) is 0.500. The van der Waals surface area contributed by atoms with Crippen molar-refractivity contribution in [2.45, 2.75) is 31.9 Å². The molecule has 1 aliphatic rings. The van der Waals surface area contributed by atoms with Crippen molar-refractivity contribution < 1.29 is 9.53 Å². The summed E-state index contributed by atoms with van der Waals surface area (Å²) < 4.78 is 5.56. The Labute approximate surface area is 118 Å². The van der Waals surface area contributed by atoms with E-state index in [4.69, 9.17) is 16.3 Å². The predicted octanol–water partition coefficient (Wildman–Crippen LogP) is 1.98. The van der Waals surface area contributed by atoms with E-state index in [1.807, 2.05) is 12.1 Å². The Balaban J connectivity index is 1.80. The number of carbonyl (C=O) groups excluding carboxylic acids is 1. The quantitative estimate of drug-likeness (QED) is 0.868. The van der Waals surface area contributed by atoms with E-state index in [1.165, 1.54) is 6.42 Å². The Morgan fingerprint density at radius 1 is 1.58 bits per heavy atom. The van der Waals surface area contributed by atoms with E-state index in [1.54, 1.807) is 19.1 Å². The van der Waals surface area contributed by atoms with Crippen molar-refractivity contribution in [2.75, 3.05) is 13.1 Å². The zero-order valence-electron chi connectivity index (χ0n) is 11.0. The lowest BCUT2D eigenvalue weighted by atomic mass is 10.2. The predicted molar refractivity (Wildman–Crippen MR) is 75.6 cm³/mol. The molecule has 1 aliphatic heterocycles. The van der Waals surface area contributed by atoms with Gasteiger partial charge in [-0.15, -0.1) is 0 Å². The number of para-hydroxylation sites is 1. The monoisotopic (exact) mass is 282 g/mol. The van der Waals surface area contributed by atoms with E-state index < -0.39 is 6.10 Å². The third-order valence-corrected chi connectivity index (χ3v) is 3.51. The first-order chi connectivity index (χ1) is 9.16. The molecular weight excluding hydrogens is 264 g/mol. The highest BCUT2D eigenvalue weighted by atomic mass is 35.5. The maximum absolute atomic E-state index is 11.9. The van der Waals surface area contributed by atoms with Gasteiger partial charge in [-0.1, -0.05) is 23.7 Å². The highest BCUT2D eigenvalue weighted by Crippen LogP contribution is 2.24. The van der Waals surface area contributed by atoms with Gasteiger partial charge in [-0.05, 0) is 38.4 Å². The lowest BCUT2D eigenvalue weighted by Crippen LogP contribution is -2.42. The molecule has 104 valence electrons. The maximum atomic E-state index is 11.9. The molecule has 1 aromatic carbocycles. The van der Waals surface area contributed by atoms with Gasteiger partial charge in [0.05, 0.1) is 5.02 Å². The third-order valence-electron chi connectivity index (χ3n) is 3.19. The van der Waals surface area contributed by atoms with Crippen LogP contribution in [0.3, 0.4) is 0 Å². The highest BCUT2D eigenvalue weighted by Gasteiger charge is 2.19. The number of nitrogens with one attached hydrogen (secondary N) is 2. The van der Waals surface area contributed by atoms with Crippen LogP contribution in [0.15, 0.2) is 24.3 Å². The summed E-state index contributed by atoms with van der Waals surface area (Å²) in [5.41, 5.74) is 0. The molecule has 2 atom stereocenters. The normalized spacial score (nSPS) is 20.0. The SMILES string of the molecule is CC(Oc1ccccc1Cl)C(=O)NCC1CCCN1. The number of benzene rings is 1. The second-order valence-corrected chi connectivity index (χ2v) is 5.14. The van der Waals surface area contributed by atoms with Crippen LogP contribution in [0.1, 0.15) is 19.8 Å². The molecule has 1 fully saturated rings. The molecule has 0 aromatic heterocycles. The Bertz CT molecular complexity index is 433. The van der Waals surface area contributed by atoms with E-state index in [-0.39, 0.29) is 5.91 Å². The first-order valence-electron chi connectivity index (χ1n) is 6.59. The number of rotatable bonds is 5. The molecule has 0 spiro atoms. The number of hydrogen-bond donors (Lipinski definition) is 2. The third kappa shape index (κ3) is 4.11. The highest BCUT2D eigenvalue weighted by molar-refractivity contribution is 6.32. The summed E-state index contributed by atoms with van der Waals surface area (Å²) in [5.74, 6) is 0.416. The standard InChI is InChI=1S/C14H19ClN2O2/c1-10(19-13-7-3-2-6-12(13)15)14(18)17-9-11-5-4-8-16-11/h2-3,6-7,10-11,16H,4-5,8-9H2,1H3,(H,17,18). The fourth-order valence-corrected chi connectivity index (χ4v) is 2.26. The Morgan fingerprint density at radius 3 is 3.05 bits per heavy atom. The van der Waals surface area contributed by atoms with Gasteiger partial charge >= 0.3 is 0 Å². The fourth-order valence-electron chi connectivity index (χ4n) is 2.08. The molecule has 0 aliphatic carbocycles. The molecule has 1 aromatic rings. The lowest BCUT2D eigenvalue weighted by molar-refractivity contribution is -0.127. The van der Waals surface area contributed by atoms with Crippen molar-refractivity contribution in [1.29, 1.82) is 0 Å². The van der Waals surface area contributed by atoms with Crippen molar-refractivity contribution >= 4 is 17.5 Å². The van der Waals surface area contributed by atoms with Crippen molar-refractivity contribution in [1.82, 2.24) is 10.6 Å². The number of amides is 1. The van der Waals surface area contributed by atoms with E-state index in [0.717, 1.165) is 13.0 Å². The van der Waals surface area contributed by atoms with Gasteiger partial charge in [0, 0.05) is 12.6 Å². The maximum Gasteiger partial charge on any atom is 0.260 e. The summed E-state index contributed by atoms with van der Waals surface area (Å²) in [4.78, 5) is 11.9. The van der Waals surface area contributed by atoms with Gasteiger partial charge in [0.2, 0.25) is 0 Å². The molecule has 1 saturated heterocycles. The zero-order chi connectivity index (χ0) is 13.7. The van der Waals surface area contributed by atoms with Crippen LogP contribution in [0.25, 0.3) is 0 Å². The molecule has 4 nitrogen and oxygen atoms in total. The minimum atomic E-state index is -0.554. The van der Waals surface area contributed by atoms with Gasteiger partial charge in [0.25, 0.3) is 5.91 Å². The molecule has 5 heteroatoms. The van der Waals surface area contributed by atoms with Crippen molar-refractivity contribution in [2.24, 2.45) is 0 Å². The average Bonchev–Trinajstić information content (AvgIpc) is 2.91.